The van der Waals surface area contributed by atoms with E-state index in [0.29, 0.717) is 5.56 Å². The number of carbonyl (C=O) groups excluding carboxylic acids is 1. The molecule has 2 aromatic rings. The monoisotopic (exact) mass is 363 g/mol. The Morgan fingerprint density at radius 3 is 2.32 bits per heavy atom. The first-order chi connectivity index (χ1) is 11.7. The van der Waals surface area contributed by atoms with Crippen molar-refractivity contribution in [1.29, 1.82) is 0 Å². The summed E-state index contributed by atoms with van der Waals surface area (Å²) in [6.07, 6.45) is 0. The van der Waals surface area contributed by atoms with Crippen LogP contribution in [0.3, 0.4) is 0 Å². The van der Waals surface area contributed by atoms with Crippen LogP contribution in [0.1, 0.15) is 26.3 Å². The van der Waals surface area contributed by atoms with Crippen molar-refractivity contribution in [2.75, 3.05) is 18.5 Å². The zero-order valence-corrected chi connectivity index (χ0v) is 14.7. The van der Waals surface area contributed by atoms with E-state index in [-0.39, 0.29) is 21.7 Å². The molecule has 0 amide bonds. The fraction of sp³-hybridized carbons (Fsp3) is 0.176. The van der Waals surface area contributed by atoms with Crippen LogP contribution in [0.2, 0.25) is 0 Å². The summed E-state index contributed by atoms with van der Waals surface area (Å²) < 4.78 is 31.3. The molecule has 0 aliphatic heterocycles. The summed E-state index contributed by atoms with van der Waals surface area (Å²) in [5, 5.41) is 9.19. The minimum atomic E-state index is -4.07. The SMILES string of the molecule is COC(=O)c1ccccc1N(C)S(=O)(=O)c1ccc(C)c(C(=O)O)c1. The molecule has 2 rings (SSSR count). The Bertz CT molecular complexity index is 936. The van der Waals surface area contributed by atoms with Crippen LogP contribution in [0.15, 0.2) is 47.4 Å². The molecule has 0 aliphatic rings. The predicted octanol–water partition coefficient (Wildman–Crippen LogP) is 2.30. The quantitative estimate of drug-likeness (QED) is 0.818. The Morgan fingerprint density at radius 1 is 1.08 bits per heavy atom. The first-order valence-electron chi connectivity index (χ1n) is 7.20. The number of esters is 1. The smallest absolute Gasteiger partial charge is 0.340 e. The van der Waals surface area contributed by atoms with Crippen molar-refractivity contribution < 1.29 is 27.9 Å². The number of sulfonamides is 1. The number of methoxy groups -OCH3 is 1. The zero-order chi connectivity index (χ0) is 18.8. The molecule has 0 aromatic heterocycles. The molecule has 7 nitrogen and oxygen atoms in total. The summed E-state index contributed by atoms with van der Waals surface area (Å²) in [5.41, 5.74) is 0.563. The van der Waals surface area contributed by atoms with Crippen molar-refractivity contribution in [3.8, 4) is 0 Å². The molecule has 2 aromatic carbocycles. The van der Waals surface area contributed by atoms with E-state index in [2.05, 4.69) is 4.74 Å². The normalized spacial score (nSPS) is 11.0. The van der Waals surface area contributed by atoms with E-state index in [4.69, 9.17) is 0 Å². The Kier molecular flexibility index (Phi) is 5.13. The van der Waals surface area contributed by atoms with Gasteiger partial charge in [-0.15, -0.1) is 0 Å². The van der Waals surface area contributed by atoms with Gasteiger partial charge in [0.25, 0.3) is 10.0 Å². The van der Waals surface area contributed by atoms with Crippen molar-refractivity contribution in [2.24, 2.45) is 0 Å². The van der Waals surface area contributed by atoms with Crippen molar-refractivity contribution in [1.82, 2.24) is 0 Å². The summed E-state index contributed by atoms with van der Waals surface area (Å²) in [6, 6.07) is 9.95. The Hall–Kier alpha value is -2.87. The maximum Gasteiger partial charge on any atom is 0.340 e. The number of carbonyl (C=O) groups is 2. The maximum atomic E-state index is 12.9. The van der Waals surface area contributed by atoms with Gasteiger partial charge in [-0.05, 0) is 36.8 Å². The van der Waals surface area contributed by atoms with Gasteiger partial charge in [0.15, 0.2) is 0 Å². The number of benzene rings is 2. The number of carboxylic acid groups (broad SMARTS) is 1. The molecule has 0 fully saturated rings. The van der Waals surface area contributed by atoms with Crippen LogP contribution < -0.4 is 4.31 Å². The van der Waals surface area contributed by atoms with Crippen LogP contribution in [-0.2, 0) is 14.8 Å². The van der Waals surface area contributed by atoms with Crippen LogP contribution in [0.25, 0.3) is 0 Å². The molecule has 0 saturated carbocycles. The van der Waals surface area contributed by atoms with E-state index in [0.717, 1.165) is 10.4 Å². The summed E-state index contributed by atoms with van der Waals surface area (Å²) in [6.45, 7) is 1.58. The van der Waals surface area contributed by atoms with Crippen molar-refractivity contribution >= 4 is 27.6 Å². The van der Waals surface area contributed by atoms with E-state index in [1.165, 1.54) is 38.4 Å². The molecule has 8 heteroatoms. The van der Waals surface area contributed by atoms with Gasteiger partial charge in [-0.1, -0.05) is 18.2 Å². The second kappa shape index (κ2) is 6.94. The largest absolute Gasteiger partial charge is 0.478 e. The van der Waals surface area contributed by atoms with Gasteiger partial charge >= 0.3 is 11.9 Å². The second-order valence-corrected chi connectivity index (χ2v) is 7.23. The number of ether oxygens (including phenoxy) is 1. The molecular weight excluding hydrogens is 346 g/mol. The lowest BCUT2D eigenvalue weighted by Crippen LogP contribution is -2.28. The van der Waals surface area contributed by atoms with Crippen LogP contribution in [0.4, 0.5) is 5.69 Å². The molecule has 0 unspecified atom stereocenters. The Morgan fingerprint density at radius 2 is 1.72 bits per heavy atom. The third kappa shape index (κ3) is 3.48. The highest BCUT2D eigenvalue weighted by Gasteiger charge is 2.26. The van der Waals surface area contributed by atoms with Crippen molar-refractivity contribution in [2.45, 2.75) is 11.8 Å². The number of hydrogen-bond donors (Lipinski definition) is 1. The number of anilines is 1. The highest BCUT2D eigenvalue weighted by molar-refractivity contribution is 7.92. The van der Waals surface area contributed by atoms with E-state index >= 15 is 0 Å². The van der Waals surface area contributed by atoms with Gasteiger partial charge in [-0.2, -0.15) is 0 Å². The summed E-state index contributed by atoms with van der Waals surface area (Å²) >= 11 is 0. The molecular formula is C17H17NO6S. The third-order valence-corrected chi connectivity index (χ3v) is 5.51. The molecule has 1 N–H and O–H groups in total. The first kappa shape index (κ1) is 18.5. The minimum Gasteiger partial charge on any atom is -0.478 e. The number of aromatic carboxylic acids is 1. The Labute approximate surface area is 145 Å². The molecule has 0 radical (unpaired) electrons. The van der Waals surface area contributed by atoms with Crippen LogP contribution in [0.5, 0.6) is 0 Å². The zero-order valence-electron chi connectivity index (χ0n) is 13.9. The molecule has 0 heterocycles. The number of hydrogen-bond acceptors (Lipinski definition) is 5. The highest BCUT2D eigenvalue weighted by atomic mass is 32.2. The van der Waals surface area contributed by atoms with Crippen molar-refractivity contribution in [3.63, 3.8) is 0 Å². The average Bonchev–Trinajstić information content (AvgIpc) is 2.60. The molecule has 0 atom stereocenters. The highest BCUT2D eigenvalue weighted by Crippen LogP contribution is 2.27. The van der Waals surface area contributed by atoms with E-state index in [9.17, 15) is 23.1 Å². The van der Waals surface area contributed by atoms with Gasteiger partial charge in [0.2, 0.25) is 0 Å². The summed E-state index contributed by atoms with van der Waals surface area (Å²) in [5.74, 6) is -1.89. The molecule has 132 valence electrons. The first-order valence-corrected chi connectivity index (χ1v) is 8.64. The molecule has 25 heavy (non-hydrogen) atoms. The van der Waals surface area contributed by atoms with E-state index < -0.39 is 22.0 Å². The van der Waals surface area contributed by atoms with Gasteiger partial charge in [0.05, 0.1) is 28.8 Å². The van der Waals surface area contributed by atoms with E-state index in [1.54, 1.807) is 19.1 Å². The number of nitrogens with zero attached hydrogens (tertiary/aromatic N) is 1. The minimum absolute atomic E-state index is 0.0849. The topological polar surface area (TPSA) is 101 Å². The number of rotatable bonds is 5. The lowest BCUT2D eigenvalue weighted by molar-refractivity contribution is 0.0600. The predicted molar refractivity (Wildman–Crippen MR) is 91.5 cm³/mol. The molecule has 0 aliphatic carbocycles. The average molecular weight is 363 g/mol. The summed E-state index contributed by atoms with van der Waals surface area (Å²) in [7, 11) is -1.58. The third-order valence-electron chi connectivity index (χ3n) is 3.75. The van der Waals surface area contributed by atoms with Crippen LogP contribution >= 0.6 is 0 Å². The fourth-order valence-electron chi connectivity index (χ4n) is 2.31. The maximum absolute atomic E-state index is 12.9. The van der Waals surface area contributed by atoms with Crippen LogP contribution in [-0.4, -0.2) is 39.6 Å². The van der Waals surface area contributed by atoms with E-state index in [1.807, 2.05) is 0 Å². The second-order valence-electron chi connectivity index (χ2n) is 5.26. The number of carboxylic acids is 1. The Balaban J connectivity index is 2.56. The molecule has 0 saturated heterocycles. The molecule has 0 bridgehead atoms. The van der Waals surface area contributed by atoms with Gasteiger partial charge in [-0.3, -0.25) is 4.31 Å². The number of aryl methyl sites for hydroxylation is 1. The van der Waals surface area contributed by atoms with Gasteiger partial charge in [-0.25, -0.2) is 18.0 Å². The van der Waals surface area contributed by atoms with Gasteiger partial charge in [0, 0.05) is 7.05 Å². The van der Waals surface area contributed by atoms with Crippen LogP contribution in [0, 0.1) is 6.92 Å². The summed E-state index contributed by atoms with van der Waals surface area (Å²) in [4.78, 5) is 22.9. The fourth-order valence-corrected chi connectivity index (χ4v) is 3.55. The molecule has 0 spiro atoms. The lowest BCUT2D eigenvalue weighted by Gasteiger charge is -2.22. The van der Waals surface area contributed by atoms with Gasteiger partial charge < -0.3 is 9.84 Å². The lowest BCUT2D eigenvalue weighted by atomic mass is 10.1. The van der Waals surface area contributed by atoms with Crippen molar-refractivity contribution in [3.05, 3.63) is 59.2 Å². The van der Waals surface area contributed by atoms with Gasteiger partial charge in [0.1, 0.15) is 0 Å². The number of para-hydroxylation sites is 1. The standard InChI is InChI=1S/C17H17NO6S/c1-11-8-9-12(10-14(11)16(19)20)25(22,23)18(2)15-7-5-4-6-13(15)17(21)24-3/h4-10H,1-3H3,(H,19,20).